The molecule has 0 heterocycles. The highest BCUT2D eigenvalue weighted by Gasteiger charge is 2.38. The molecule has 1 saturated carbocycles. The van der Waals surface area contributed by atoms with Gasteiger partial charge in [-0.25, -0.2) is 0 Å². The van der Waals surface area contributed by atoms with Crippen molar-refractivity contribution >= 4 is 23.0 Å². The van der Waals surface area contributed by atoms with E-state index in [-0.39, 0.29) is 0 Å². The Hall–Kier alpha value is -2.08. The average molecular weight is 392 g/mol. The van der Waals surface area contributed by atoms with Gasteiger partial charge in [-0.1, -0.05) is 31.0 Å². The van der Waals surface area contributed by atoms with E-state index in [4.69, 9.17) is 12.2 Å². The minimum Gasteiger partial charge on any atom is -0.353 e. The first-order valence-corrected chi connectivity index (χ1v) is 9.45. The number of hydrogen-bond donors (Lipinski definition) is 2. The SMILES string of the molecule is Cc1ccc(NC(=S)NC2(c3cccc(C(F)(F)F)c3)CCCC2)cc1C. The summed E-state index contributed by atoms with van der Waals surface area (Å²) in [5.74, 6) is 0. The van der Waals surface area contributed by atoms with Crippen LogP contribution in [0.3, 0.4) is 0 Å². The molecule has 0 radical (unpaired) electrons. The van der Waals surface area contributed by atoms with Crippen molar-refractivity contribution in [3.8, 4) is 0 Å². The summed E-state index contributed by atoms with van der Waals surface area (Å²) in [4.78, 5) is 0. The molecule has 3 rings (SSSR count). The predicted molar refractivity (Wildman–Crippen MR) is 107 cm³/mol. The first-order valence-electron chi connectivity index (χ1n) is 9.04. The van der Waals surface area contributed by atoms with E-state index in [1.165, 1.54) is 17.7 Å². The maximum Gasteiger partial charge on any atom is 0.416 e. The highest BCUT2D eigenvalue weighted by atomic mass is 32.1. The first-order chi connectivity index (χ1) is 12.7. The molecule has 0 unspecified atom stereocenters. The number of rotatable bonds is 3. The number of hydrogen-bond acceptors (Lipinski definition) is 1. The number of nitrogens with one attached hydrogen (secondary N) is 2. The summed E-state index contributed by atoms with van der Waals surface area (Å²) >= 11 is 5.48. The van der Waals surface area contributed by atoms with Gasteiger partial charge in [0.2, 0.25) is 0 Å². The minimum absolute atomic E-state index is 0.428. The molecule has 144 valence electrons. The van der Waals surface area contributed by atoms with E-state index in [1.807, 2.05) is 32.0 Å². The second-order valence-electron chi connectivity index (χ2n) is 7.25. The summed E-state index contributed by atoms with van der Waals surface area (Å²) in [6.07, 6.45) is -0.939. The lowest BCUT2D eigenvalue weighted by atomic mass is 9.87. The molecule has 2 aromatic carbocycles. The molecule has 0 amide bonds. The van der Waals surface area contributed by atoms with Crippen LogP contribution < -0.4 is 10.6 Å². The normalized spacial score (nSPS) is 16.2. The lowest BCUT2D eigenvalue weighted by Gasteiger charge is -2.33. The van der Waals surface area contributed by atoms with Crippen molar-refractivity contribution in [1.29, 1.82) is 0 Å². The molecule has 0 aromatic heterocycles. The second-order valence-corrected chi connectivity index (χ2v) is 7.65. The molecule has 1 aliphatic rings. The highest BCUT2D eigenvalue weighted by Crippen LogP contribution is 2.41. The maximum absolute atomic E-state index is 13.1. The van der Waals surface area contributed by atoms with Crippen LogP contribution in [0.15, 0.2) is 42.5 Å². The van der Waals surface area contributed by atoms with Crippen molar-refractivity contribution < 1.29 is 13.2 Å². The number of anilines is 1. The molecular formula is C21H23F3N2S. The molecule has 2 N–H and O–H groups in total. The summed E-state index contributed by atoms with van der Waals surface area (Å²) in [7, 11) is 0. The Morgan fingerprint density at radius 1 is 1.00 bits per heavy atom. The van der Waals surface area contributed by atoms with Gasteiger partial charge in [0.1, 0.15) is 0 Å². The summed E-state index contributed by atoms with van der Waals surface area (Å²) in [5.41, 5.74) is 2.66. The van der Waals surface area contributed by atoms with E-state index in [0.29, 0.717) is 10.7 Å². The van der Waals surface area contributed by atoms with Crippen LogP contribution >= 0.6 is 12.2 Å². The summed E-state index contributed by atoms with van der Waals surface area (Å²) in [6, 6.07) is 11.6. The molecule has 0 atom stereocenters. The van der Waals surface area contributed by atoms with Gasteiger partial charge in [-0.3, -0.25) is 0 Å². The minimum atomic E-state index is -4.35. The van der Waals surface area contributed by atoms with E-state index >= 15 is 0 Å². The van der Waals surface area contributed by atoms with Crippen molar-refractivity contribution in [2.45, 2.75) is 51.2 Å². The average Bonchev–Trinajstić information content (AvgIpc) is 3.07. The van der Waals surface area contributed by atoms with Gasteiger partial charge >= 0.3 is 6.18 Å². The molecule has 0 saturated heterocycles. The molecular weight excluding hydrogens is 369 g/mol. The maximum atomic E-state index is 13.1. The van der Waals surface area contributed by atoms with E-state index < -0.39 is 17.3 Å². The fourth-order valence-corrected chi connectivity index (χ4v) is 3.97. The largest absolute Gasteiger partial charge is 0.416 e. The lowest BCUT2D eigenvalue weighted by Crippen LogP contribution is -2.45. The Labute approximate surface area is 163 Å². The molecule has 6 heteroatoms. The van der Waals surface area contributed by atoms with Crippen LogP contribution in [0.5, 0.6) is 0 Å². The van der Waals surface area contributed by atoms with Crippen molar-refractivity contribution in [3.05, 3.63) is 64.7 Å². The third-order valence-corrected chi connectivity index (χ3v) is 5.52. The molecule has 2 aromatic rings. The summed E-state index contributed by atoms with van der Waals surface area (Å²) in [5, 5.41) is 6.93. The molecule has 0 aliphatic heterocycles. The van der Waals surface area contributed by atoms with Gasteiger partial charge in [0, 0.05) is 5.69 Å². The monoisotopic (exact) mass is 392 g/mol. The van der Waals surface area contributed by atoms with Crippen molar-refractivity contribution in [3.63, 3.8) is 0 Å². The quantitative estimate of drug-likeness (QED) is 0.619. The second kappa shape index (κ2) is 7.50. The van der Waals surface area contributed by atoms with Crippen LogP contribution in [0.1, 0.15) is 47.9 Å². The molecule has 27 heavy (non-hydrogen) atoms. The third kappa shape index (κ3) is 4.43. The standard InChI is InChI=1S/C21H23F3N2S/c1-14-8-9-18(12-15(14)2)25-19(27)26-20(10-3-4-11-20)16-6-5-7-17(13-16)21(22,23)24/h5-9,12-13H,3-4,10-11H2,1-2H3,(H2,25,26,27). The zero-order chi connectivity index (χ0) is 19.7. The Bertz CT molecular complexity index is 840. The molecule has 1 fully saturated rings. The van der Waals surface area contributed by atoms with E-state index in [1.54, 1.807) is 6.07 Å². The zero-order valence-corrected chi connectivity index (χ0v) is 16.2. The van der Waals surface area contributed by atoms with Crippen molar-refractivity contribution in [2.75, 3.05) is 5.32 Å². The van der Waals surface area contributed by atoms with E-state index in [9.17, 15) is 13.2 Å². The number of thiocarbonyl (C=S) groups is 1. The summed E-state index contributed by atoms with van der Waals surface area (Å²) in [6.45, 7) is 4.06. The van der Waals surface area contributed by atoms with Crippen LogP contribution in [-0.2, 0) is 11.7 Å². The van der Waals surface area contributed by atoms with Crippen LogP contribution in [0.4, 0.5) is 18.9 Å². The van der Waals surface area contributed by atoms with Gasteiger partial charge in [0.05, 0.1) is 11.1 Å². The van der Waals surface area contributed by atoms with Crippen LogP contribution in [-0.4, -0.2) is 5.11 Å². The van der Waals surface area contributed by atoms with Crippen LogP contribution in [0.25, 0.3) is 0 Å². The Kier molecular flexibility index (Phi) is 5.47. The van der Waals surface area contributed by atoms with Crippen LogP contribution in [0, 0.1) is 13.8 Å². The van der Waals surface area contributed by atoms with Gasteiger partial charge in [-0.15, -0.1) is 0 Å². The Morgan fingerprint density at radius 2 is 1.70 bits per heavy atom. The highest BCUT2D eigenvalue weighted by molar-refractivity contribution is 7.80. The zero-order valence-electron chi connectivity index (χ0n) is 15.4. The first kappa shape index (κ1) is 19.7. The van der Waals surface area contributed by atoms with Crippen molar-refractivity contribution in [2.24, 2.45) is 0 Å². The number of aryl methyl sites for hydroxylation is 2. The van der Waals surface area contributed by atoms with E-state index in [0.717, 1.165) is 43.0 Å². The van der Waals surface area contributed by atoms with E-state index in [2.05, 4.69) is 10.6 Å². The van der Waals surface area contributed by atoms with Gasteiger partial charge in [0.25, 0.3) is 0 Å². The fraction of sp³-hybridized carbons (Fsp3) is 0.381. The third-order valence-electron chi connectivity index (χ3n) is 5.32. The number of benzene rings is 2. The number of halogens is 3. The van der Waals surface area contributed by atoms with Gasteiger partial charge in [-0.05, 0) is 79.9 Å². The molecule has 0 bridgehead atoms. The van der Waals surface area contributed by atoms with Crippen molar-refractivity contribution in [1.82, 2.24) is 5.32 Å². The molecule has 0 spiro atoms. The fourth-order valence-electron chi connectivity index (χ4n) is 3.66. The predicted octanol–water partition coefficient (Wildman–Crippen LogP) is 6.08. The van der Waals surface area contributed by atoms with Crippen LogP contribution in [0.2, 0.25) is 0 Å². The molecule has 2 nitrogen and oxygen atoms in total. The summed E-state index contributed by atoms with van der Waals surface area (Å²) < 4.78 is 39.4. The van der Waals surface area contributed by atoms with Gasteiger partial charge in [0.15, 0.2) is 5.11 Å². The van der Waals surface area contributed by atoms with Gasteiger partial charge < -0.3 is 10.6 Å². The Balaban J connectivity index is 1.83. The number of alkyl halides is 3. The van der Waals surface area contributed by atoms with Gasteiger partial charge in [-0.2, -0.15) is 13.2 Å². The lowest BCUT2D eigenvalue weighted by molar-refractivity contribution is -0.137. The topological polar surface area (TPSA) is 24.1 Å². The smallest absolute Gasteiger partial charge is 0.353 e. The molecule has 1 aliphatic carbocycles. The Morgan fingerprint density at radius 3 is 2.33 bits per heavy atom.